The quantitative estimate of drug-likeness (QED) is 0.591. The second-order valence-electron chi connectivity index (χ2n) is 4.31. The van der Waals surface area contributed by atoms with E-state index in [4.69, 9.17) is 0 Å². The average Bonchev–Trinajstić information content (AvgIpc) is 1.59. The minimum Gasteiger partial charge on any atom is -0.165 e. The average molecular weight is 184 g/mol. The van der Waals surface area contributed by atoms with Crippen LogP contribution in [0.3, 0.4) is 0 Å². The van der Waals surface area contributed by atoms with Gasteiger partial charge in [0.25, 0.3) is 0 Å². The smallest absolute Gasteiger partial charge is 0.165 e. The van der Waals surface area contributed by atoms with Crippen LogP contribution in [0.4, 0.5) is 0 Å². The van der Waals surface area contributed by atoms with Crippen molar-refractivity contribution >= 4 is 42.4 Å². The maximum atomic E-state index is 2.53. The lowest BCUT2D eigenvalue weighted by molar-refractivity contribution is 1.52. The fourth-order valence-corrected chi connectivity index (χ4v) is 20.8. The van der Waals surface area contributed by atoms with Crippen LogP contribution in [0.1, 0.15) is 0 Å². The minimum atomic E-state index is -0.278. The fourth-order valence-electron chi connectivity index (χ4n) is 2.31. The Hall–Kier alpha value is 1.60. The molecular formula is C7H19Al3. The van der Waals surface area contributed by atoms with Crippen LogP contribution < -0.4 is 0 Å². The monoisotopic (exact) mass is 184 g/mol. The normalized spacial score (nSPS) is 9.90. The van der Waals surface area contributed by atoms with Gasteiger partial charge >= 0.3 is 0 Å². The first-order valence-corrected chi connectivity index (χ1v) is 13.4. The Morgan fingerprint density at radius 3 is 0.800 bits per heavy atom. The van der Waals surface area contributed by atoms with Crippen molar-refractivity contribution in [3.8, 4) is 0 Å². The van der Waals surface area contributed by atoms with E-state index in [1.165, 1.54) is 2.50 Å². The molecule has 0 amide bonds. The summed E-state index contributed by atoms with van der Waals surface area (Å²) in [7, 11) is 0. The summed E-state index contributed by atoms with van der Waals surface area (Å²) in [5.41, 5.74) is 0. The molecule has 56 valence electrons. The highest BCUT2D eigenvalue weighted by Gasteiger charge is 2.29. The summed E-state index contributed by atoms with van der Waals surface area (Å²) in [5.74, 6) is 15.2. The van der Waals surface area contributed by atoms with Crippen molar-refractivity contribution < 1.29 is 0 Å². The number of rotatable bonds is 3. The predicted molar refractivity (Wildman–Crippen MR) is 56.2 cm³/mol. The van der Waals surface area contributed by atoms with Crippen molar-refractivity contribution in [2.45, 2.75) is 37.2 Å². The van der Waals surface area contributed by atoms with Crippen LogP contribution in [-0.2, 0) is 0 Å². The SMILES string of the molecule is [CH3][Al]([CH3])[CH]([Al]([CH3])[CH3])[Al]([CH3])[CH3]. The van der Waals surface area contributed by atoms with Gasteiger partial charge in [0, 0.05) is 0 Å². The molecule has 0 heterocycles. The molecule has 10 heavy (non-hydrogen) atoms. The first-order valence-electron chi connectivity index (χ1n) is 4.46. The summed E-state index contributed by atoms with van der Waals surface area (Å²) in [6, 6.07) is 0. The molecule has 0 atom stereocenters. The third-order valence-electron chi connectivity index (χ3n) is 2.31. The summed E-state index contributed by atoms with van der Waals surface area (Å²) in [4.78, 5) is 0. The van der Waals surface area contributed by atoms with E-state index in [2.05, 4.69) is 34.7 Å². The number of hydrogen-bond donors (Lipinski definition) is 0. The van der Waals surface area contributed by atoms with Gasteiger partial charge in [-0.1, -0.05) is 0 Å². The second kappa shape index (κ2) is 5.28. The molecule has 0 aliphatic carbocycles. The minimum absolute atomic E-state index is 0.278. The van der Waals surface area contributed by atoms with Crippen LogP contribution in [0.2, 0.25) is 37.2 Å². The van der Waals surface area contributed by atoms with Gasteiger partial charge in [0.05, 0.1) is 0 Å². The molecule has 0 saturated heterocycles. The zero-order chi connectivity index (χ0) is 8.31. The van der Waals surface area contributed by atoms with Crippen molar-refractivity contribution in [1.29, 1.82) is 0 Å². The maximum Gasteiger partial charge on any atom is 0.230 e. The van der Waals surface area contributed by atoms with Crippen molar-refractivity contribution in [2.24, 2.45) is 0 Å². The lowest BCUT2D eigenvalue weighted by atomic mass is 11.7. The molecular weight excluding hydrogens is 165 g/mol. The molecule has 3 heteroatoms. The Balaban J connectivity index is 3.98. The highest BCUT2D eigenvalue weighted by Crippen LogP contribution is 2.18. The third kappa shape index (κ3) is 3.84. The summed E-state index contributed by atoms with van der Waals surface area (Å²) in [6.07, 6.45) is 0. The van der Waals surface area contributed by atoms with E-state index in [0.717, 1.165) is 0 Å². The first-order chi connectivity index (χ1) is 4.46. The Morgan fingerprint density at radius 1 is 0.600 bits per heavy atom. The predicted octanol–water partition coefficient (Wildman–Crippen LogP) is 2.70. The Bertz CT molecular complexity index is 69.8. The van der Waals surface area contributed by atoms with E-state index >= 15 is 0 Å². The zero-order valence-corrected chi connectivity index (χ0v) is 11.8. The third-order valence-corrected chi connectivity index (χ3v) is 20.8. The largest absolute Gasteiger partial charge is 0.230 e. The maximum absolute atomic E-state index is 2.53. The lowest BCUT2D eigenvalue weighted by Crippen LogP contribution is -2.34. The molecule has 0 unspecified atom stereocenters. The molecule has 0 radical (unpaired) electrons. The van der Waals surface area contributed by atoms with E-state index in [0.29, 0.717) is 0 Å². The molecule has 0 aliphatic rings. The molecule has 0 nitrogen and oxygen atoms in total. The zero-order valence-electron chi connectivity index (χ0n) is 8.31. The van der Waals surface area contributed by atoms with Crippen molar-refractivity contribution in [2.75, 3.05) is 0 Å². The highest BCUT2D eigenvalue weighted by atomic mass is 27.3. The Morgan fingerprint density at radius 2 is 0.800 bits per heavy atom. The van der Waals surface area contributed by atoms with E-state index in [1.54, 1.807) is 0 Å². The van der Waals surface area contributed by atoms with E-state index in [-0.39, 0.29) is 42.4 Å². The molecule has 0 aliphatic heterocycles. The highest BCUT2D eigenvalue weighted by molar-refractivity contribution is 6.94. The topological polar surface area (TPSA) is 0 Å². The molecule has 0 bridgehead atoms. The van der Waals surface area contributed by atoms with Crippen LogP contribution >= 0.6 is 0 Å². The molecule has 0 aromatic carbocycles. The lowest BCUT2D eigenvalue weighted by Gasteiger charge is -2.20. The van der Waals surface area contributed by atoms with Gasteiger partial charge in [-0.25, -0.2) is 0 Å². The van der Waals surface area contributed by atoms with Crippen molar-refractivity contribution in [1.82, 2.24) is 0 Å². The van der Waals surface area contributed by atoms with E-state index in [1.807, 2.05) is 0 Å². The van der Waals surface area contributed by atoms with Gasteiger partial charge in [-0.15, -0.1) is 34.7 Å². The fraction of sp³-hybridized carbons (Fsp3) is 1.00. The standard InChI is InChI=1S/6CH3.CH.3Al/h6*1H3;1H;;;. The van der Waals surface area contributed by atoms with Crippen LogP contribution in [0.5, 0.6) is 0 Å². The van der Waals surface area contributed by atoms with E-state index < -0.39 is 0 Å². The van der Waals surface area contributed by atoms with Crippen LogP contribution in [0.15, 0.2) is 0 Å². The van der Waals surface area contributed by atoms with E-state index in [9.17, 15) is 0 Å². The van der Waals surface area contributed by atoms with Crippen molar-refractivity contribution in [3.63, 3.8) is 0 Å². The van der Waals surface area contributed by atoms with Crippen LogP contribution in [0.25, 0.3) is 0 Å². The van der Waals surface area contributed by atoms with Crippen LogP contribution in [0, 0.1) is 0 Å². The molecule has 0 aromatic heterocycles. The van der Waals surface area contributed by atoms with Gasteiger partial charge in [-0.2, -0.15) is 2.50 Å². The Kier molecular flexibility index (Phi) is 6.12. The van der Waals surface area contributed by atoms with Gasteiger partial charge in [-0.05, 0) is 0 Å². The molecule has 0 fully saturated rings. The van der Waals surface area contributed by atoms with Gasteiger partial charge in [-0.3, -0.25) is 0 Å². The molecule has 0 saturated carbocycles. The van der Waals surface area contributed by atoms with Crippen LogP contribution in [-0.4, -0.2) is 42.4 Å². The van der Waals surface area contributed by atoms with Gasteiger partial charge < -0.3 is 0 Å². The summed E-state index contributed by atoms with van der Waals surface area (Å²) >= 11 is -0.833. The summed E-state index contributed by atoms with van der Waals surface area (Å²) in [5, 5.41) is 0. The summed E-state index contributed by atoms with van der Waals surface area (Å²) in [6.45, 7) is 0. The molecule has 0 aromatic rings. The molecule has 0 rings (SSSR count). The van der Waals surface area contributed by atoms with Gasteiger partial charge in [0.1, 0.15) is 0 Å². The Labute approximate surface area is 79.2 Å². The van der Waals surface area contributed by atoms with Crippen molar-refractivity contribution in [3.05, 3.63) is 0 Å². The molecule has 0 spiro atoms. The number of hydrogen-bond acceptors (Lipinski definition) is 0. The first kappa shape index (κ1) is 11.6. The molecule has 0 N–H and O–H groups in total. The van der Waals surface area contributed by atoms with Gasteiger partial charge in [0.15, 0.2) is 0 Å². The van der Waals surface area contributed by atoms with Gasteiger partial charge in [0.2, 0.25) is 42.4 Å². The second-order valence-corrected chi connectivity index (χ2v) is 16.4. The summed E-state index contributed by atoms with van der Waals surface area (Å²) < 4.78 is 1.31.